The number of esters is 1. The summed E-state index contributed by atoms with van der Waals surface area (Å²) >= 11 is 0. The second kappa shape index (κ2) is 6.96. The van der Waals surface area contributed by atoms with Gasteiger partial charge < -0.3 is 19.1 Å². The van der Waals surface area contributed by atoms with Gasteiger partial charge >= 0.3 is 5.97 Å². The standard InChI is InChI=1S/C18H21N3O4/c1-12-11-20(15-6-4-14(5-7-15)18(23)24-3)8-9-21(12)17(22)16-10-13(2)25-19-16/h4-7,10,12H,8-9,11H2,1-3H3/t12-/m0/s1. The lowest BCUT2D eigenvalue weighted by molar-refractivity contribution is 0.0599. The second-order valence-electron chi connectivity index (χ2n) is 6.15. The highest BCUT2D eigenvalue weighted by Crippen LogP contribution is 2.21. The maximum atomic E-state index is 12.6. The van der Waals surface area contributed by atoms with Gasteiger partial charge in [-0.3, -0.25) is 4.79 Å². The molecule has 7 heteroatoms. The third-order valence-corrected chi connectivity index (χ3v) is 4.39. The second-order valence-corrected chi connectivity index (χ2v) is 6.15. The Morgan fingerprint density at radius 2 is 1.96 bits per heavy atom. The van der Waals surface area contributed by atoms with Crippen LogP contribution in [0.15, 0.2) is 34.9 Å². The van der Waals surface area contributed by atoms with Gasteiger partial charge in [0.25, 0.3) is 5.91 Å². The third-order valence-electron chi connectivity index (χ3n) is 4.39. The molecule has 1 aromatic carbocycles. The van der Waals surface area contributed by atoms with Crippen LogP contribution in [0.5, 0.6) is 0 Å². The number of rotatable bonds is 3. The van der Waals surface area contributed by atoms with Crippen LogP contribution in [-0.2, 0) is 4.74 Å². The summed E-state index contributed by atoms with van der Waals surface area (Å²) in [5.41, 5.74) is 1.89. The van der Waals surface area contributed by atoms with E-state index in [0.717, 1.165) is 5.69 Å². The van der Waals surface area contributed by atoms with Crippen LogP contribution in [0.2, 0.25) is 0 Å². The summed E-state index contributed by atoms with van der Waals surface area (Å²) < 4.78 is 9.71. The molecule has 3 rings (SSSR count). The molecular formula is C18H21N3O4. The highest BCUT2D eigenvalue weighted by atomic mass is 16.5. The summed E-state index contributed by atoms with van der Waals surface area (Å²) in [6.07, 6.45) is 0. The van der Waals surface area contributed by atoms with Crippen molar-refractivity contribution in [3.63, 3.8) is 0 Å². The molecule has 1 fully saturated rings. The first-order valence-electron chi connectivity index (χ1n) is 8.17. The fraction of sp³-hybridized carbons (Fsp3) is 0.389. The summed E-state index contributed by atoms with van der Waals surface area (Å²) in [6, 6.07) is 9.00. The number of ether oxygens (including phenoxy) is 1. The summed E-state index contributed by atoms with van der Waals surface area (Å²) in [7, 11) is 1.37. The zero-order valence-electron chi connectivity index (χ0n) is 14.6. The van der Waals surface area contributed by atoms with E-state index in [1.807, 2.05) is 24.0 Å². The average Bonchev–Trinajstić information content (AvgIpc) is 3.07. The van der Waals surface area contributed by atoms with Gasteiger partial charge in [0, 0.05) is 37.4 Å². The average molecular weight is 343 g/mol. The number of methoxy groups -OCH3 is 1. The van der Waals surface area contributed by atoms with E-state index in [1.165, 1.54) is 7.11 Å². The zero-order chi connectivity index (χ0) is 18.0. The molecule has 25 heavy (non-hydrogen) atoms. The SMILES string of the molecule is COC(=O)c1ccc(N2CCN(C(=O)c3cc(C)on3)[C@@H](C)C2)cc1. The van der Waals surface area contributed by atoms with E-state index in [0.29, 0.717) is 36.7 Å². The molecule has 0 N–H and O–H groups in total. The first kappa shape index (κ1) is 17.0. The highest BCUT2D eigenvalue weighted by molar-refractivity contribution is 5.92. The van der Waals surface area contributed by atoms with Crippen LogP contribution >= 0.6 is 0 Å². The Bertz CT molecular complexity index is 769. The minimum Gasteiger partial charge on any atom is -0.465 e. The van der Waals surface area contributed by atoms with Crippen molar-refractivity contribution in [1.82, 2.24) is 10.1 Å². The molecular weight excluding hydrogens is 322 g/mol. The van der Waals surface area contributed by atoms with E-state index < -0.39 is 0 Å². The fourth-order valence-electron chi connectivity index (χ4n) is 3.03. The van der Waals surface area contributed by atoms with E-state index in [4.69, 9.17) is 9.26 Å². The van der Waals surface area contributed by atoms with Crippen molar-refractivity contribution in [3.05, 3.63) is 47.3 Å². The van der Waals surface area contributed by atoms with Crippen LogP contribution in [0.1, 0.15) is 33.5 Å². The number of benzene rings is 1. The smallest absolute Gasteiger partial charge is 0.337 e. The van der Waals surface area contributed by atoms with E-state index in [9.17, 15) is 9.59 Å². The maximum Gasteiger partial charge on any atom is 0.337 e. The lowest BCUT2D eigenvalue weighted by Crippen LogP contribution is -2.54. The molecule has 1 aliphatic heterocycles. The first-order chi connectivity index (χ1) is 12.0. The number of anilines is 1. The van der Waals surface area contributed by atoms with Crippen LogP contribution in [0.4, 0.5) is 5.69 Å². The third kappa shape index (κ3) is 3.50. The Balaban J connectivity index is 1.67. The van der Waals surface area contributed by atoms with Gasteiger partial charge in [0.15, 0.2) is 5.69 Å². The predicted octanol–water partition coefficient (Wildman–Crippen LogP) is 2.12. The van der Waals surface area contributed by atoms with Crippen LogP contribution in [0.25, 0.3) is 0 Å². The Labute approximate surface area is 146 Å². The van der Waals surface area contributed by atoms with Gasteiger partial charge in [-0.2, -0.15) is 0 Å². The molecule has 0 saturated carbocycles. The molecule has 0 spiro atoms. The van der Waals surface area contributed by atoms with Gasteiger partial charge in [-0.25, -0.2) is 4.79 Å². The number of aryl methyl sites for hydroxylation is 1. The van der Waals surface area contributed by atoms with Gasteiger partial charge in [-0.05, 0) is 38.1 Å². The van der Waals surface area contributed by atoms with Crippen LogP contribution in [0, 0.1) is 6.92 Å². The fourth-order valence-corrected chi connectivity index (χ4v) is 3.03. The molecule has 0 radical (unpaired) electrons. The largest absolute Gasteiger partial charge is 0.465 e. The quantitative estimate of drug-likeness (QED) is 0.795. The highest BCUT2D eigenvalue weighted by Gasteiger charge is 2.29. The zero-order valence-corrected chi connectivity index (χ0v) is 14.6. The molecule has 7 nitrogen and oxygen atoms in total. The number of nitrogens with zero attached hydrogens (tertiary/aromatic N) is 3. The molecule has 2 heterocycles. The van der Waals surface area contributed by atoms with E-state index >= 15 is 0 Å². The summed E-state index contributed by atoms with van der Waals surface area (Å²) in [4.78, 5) is 28.1. The summed E-state index contributed by atoms with van der Waals surface area (Å²) in [6.45, 7) is 5.80. The van der Waals surface area contributed by atoms with Gasteiger partial charge in [0.2, 0.25) is 0 Å². The van der Waals surface area contributed by atoms with Crippen LogP contribution < -0.4 is 4.90 Å². The normalized spacial score (nSPS) is 17.5. The van der Waals surface area contributed by atoms with Gasteiger partial charge in [-0.1, -0.05) is 5.16 Å². The summed E-state index contributed by atoms with van der Waals surface area (Å²) in [5.74, 6) is 0.170. The Morgan fingerprint density at radius 1 is 1.24 bits per heavy atom. The number of aromatic nitrogens is 1. The first-order valence-corrected chi connectivity index (χ1v) is 8.17. The number of carbonyl (C=O) groups excluding carboxylic acids is 2. The van der Waals surface area contributed by atoms with Crippen molar-refractivity contribution in [1.29, 1.82) is 0 Å². The minimum atomic E-state index is -0.349. The number of carbonyl (C=O) groups is 2. The molecule has 0 aliphatic carbocycles. The van der Waals surface area contributed by atoms with Gasteiger partial charge in [-0.15, -0.1) is 0 Å². The van der Waals surface area contributed by atoms with Crippen LogP contribution in [0.3, 0.4) is 0 Å². The minimum absolute atomic E-state index is 0.0403. The van der Waals surface area contributed by atoms with Crippen molar-refractivity contribution >= 4 is 17.6 Å². The molecule has 1 atom stereocenters. The molecule has 1 saturated heterocycles. The molecule has 0 unspecified atom stereocenters. The van der Waals surface area contributed by atoms with Gasteiger partial charge in [0.1, 0.15) is 5.76 Å². The summed E-state index contributed by atoms with van der Waals surface area (Å²) in [5, 5.41) is 3.81. The van der Waals surface area contributed by atoms with E-state index in [2.05, 4.69) is 10.1 Å². The van der Waals surface area contributed by atoms with E-state index in [-0.39, 0.29) is 17.9 Å². The molecule has 0 bridgehead atoms. The number of piperazine rings is 1. The molecule has 1 aromatic heterocycles. The van der Waals surface area contributed by atoms with Crippen molar-refractivity contribution in [2.75, 3.05) is 31.6 Å². The Morgan fingerprint density at radius 3 is 2.52 bits per heavy atom. The number of amides is 1. The number of hydrogen-bond donors (Lipinski definition) is 0. The lowest BCUT2D eigenvalue weighted by atomic mass is 10.1. The molecule has 132 valence electrons. The van der Waals surface area contributed by atoms with Crippen molar-refractivity contribution < 1.29 is 18.8 Å². The molecule has 1 amide bonds. The topological polar surface area (TPSA) is 75.9 Å². The lowest BCUT2D eigenvalue weighted by Gasteiger charge is -2.40. The molecule has 1 aliphatic rings. The number of hydrogen-bond acceptors (Lipinski definition) is 6. The van der Waals surface area contributed by atoms with E-state index in [1.54, 1.807) is 25.1 Å². The van der Waals surface area contributed by atoms with Crippen molar-refractivity contribution in [3.8, 4) is 0 Å². The monoisotopic (exact) mass is 343 g/mol. The van der Waals surface area contributed by atoms with Gasteiger partial charge in [0.05, 0.1) is 12.7 Å². The maximum absolute atomic E-state index is 12.6. The Hall–Kier alpha value is -2.83. The predicted molar refractivity (Wildman–Crippen MR) is 91.7 cm³/mol. The Kier molecular flexibility index (Phi) is 4.74. The van der Waals surface area contributed by atoms with Crippen molar-refractivity contribution in [2.24, 2.45) is 0 Å². The van der Waals surface area contributed by atoms with Crippen molar-refractivity contribution in [2.45, 2.75) is 19.9 Å². The molecule has 2 aromatic rings. The van der Waals surface area contributed by atoms with Crippen LogP contribution in [-0.4, -0.2) is 54.7 Å².